The molecule has 2 heteroatoms. The quantitative estimate of drug-likeness (QED) is 0.910. The molecule has 21 heavy (non-hydrogen) atoms. The monoisotopic (exact) mass is 279 g/mol. The van der Waals surface area contributed by atoms with Crippen molar-refractivity contribution < 1.29 is 4.79 Å². The predicted octanol–water partition coefficient (Wildman–Crippen LogP) is 3.60. The Morgan fingerprint density at radius 3 is 2.67 bits per heavy atom. The molecule has 0 spiro atoms. The van der Waals surface area contributed by atoms with Crippen LogP contribution in [0.15, 0.2) is 48.5 Å². The lowest BCUT2D eigenvalue weighted by molar-refractivity contribution is -0.121. The van der Waals surface area contributed by atoms with Gasteiger partial charge in [0.05, 0.1) is 12.5 Å². The summed E-state index contributed by atoms with van der Waals surface area (Å²) in [5, 5.41) is 3.07. The van der Waals surface area contributed by atoms with Crippen LogP contribution in [-0.4, -0.2) is 5.91 Å². The van der Waals surface area contributed by atoms with Crippen LogP contribution < -0.4 is 5.32 Å². The summed E-state index contributed by atoms with van der Waals surface area (Å²) in [5.41, 5.74) is 5.14. The standard InChI is InChI=1S/C19H21NO/c1-14(16-6-3-2-4-7-16)20-19(21)13-15-10-11-17-8-5-9-18(17)12-15/h2-4,6-7,10-12,14H,5,8-9,13H2,1H3,(H,20,21)/t14-/m0/s1. The summed E-state index contributed by atoms with van der Waals surface area (Å²) in [6.45, 7) is 2.02. The number of nitrogens with one attached hydrogen (secondary N) is 1. The molecule has 0 saturated carbocycles. The van der Waals surface area contributed by atoms with E-state index in [1.165, 1.54) is 24.0 Å². The zero-order valence-corrected chi connectivity index (χ0v) is 12.4. The van der Waals surface area contributed by atoms with E-state index in [1.807, 2.05) is 37.3 Å². The fourth-order valence-electron chi connectivity index (χ4n) is 3.04. The fourth-order valence-corrected chi connectivity index (χ4v) is 3.04. The molecule has 1 aliphatic rings. The van der Waals surface area contributed by atoms with Crippen molar-refractivity contribution in [1.82, 2.24) is 5.32 Å². The van der Waals surface area contributed by atoms with Crippen molar-refractivity contribution in [3.05, 3.63) is 70.8 Å². The maximum absolute atomic E-state index is 12.2. The second-order valence-electron chi connectivity index (χ2n) is 5.83. The summed E-state index contributed by atoms with van der Waals surface area (Å²) < 4.78 is 0. The Bertz CT molecular complexity index is 633. The molecule has 0 heterocycles. The normalized spacial score (nSPS) is 14.5. The molecule has 1 atom stereocenters. The lowest BCUT2D eigenvalue weighted by Crippen LogP contribution is -2.28. The maximum Gasteiger partial charge on any atom is 0.224 e. The van der Waals surface area contributed by atoms with Crippen molar-refractivity contribution >= 4 is 5.91 Å². The van der Waals surface area contributed by atoms with Crippen LogP contribution in [0.2, 0.25) is 0 Å². The minimum atomic E-state index is 0.0492. The van der Waals surface area contributed by atoms with E-state index in [4.69, 9.17) is 0 Å². The first-order chi connectivity index (χ1) is 10.2. The Hall–Kier alpha value is -2.09. The van der Waals surface area contributed by atoms with Crippen LogP contribution in [0.3, 0.4) is 0 Å². The summed E-state index contributed by atoms with van der Waals surface area (Å²) in [4.78, 5) is 12.2. The number of hydrogen-bond donors (Lipinski definition) is 1. The minimum absolute atomic E-state index is 0.0492. The van der Waals surface area contributed by atoms with E-state index in [9.17, 15) is 4.79 Å². The van der Waals surface area contributed by atoms with Crippen molar-refractivity contribution in [2.45, 2.75) is 38.6 Å². The molecule has 3 rings (SSSR count). The molecule has 0 saturated heterocycles. The molecule has 0 unspecified atom stereocenters. The topological polar surface area (TPSA) is 29.1 Å². The smallest absolute Gasteiger partial charge is 0.224 e. The van der Waals surface area contributed by atoms with Gasteiger partial charge in [-0.2, -0.15) is 0 Å². The largest absolute Gasteiger partial charge is 0.349 e. The third-order valence-corrected chi connectivity index (χ3v) is 4.20. The highest BCUT2D eigenvalue weighted by Gasteiger charge is 2.13. The Kier molecular flexibility index (Phi) is 4.05. The molecule has 1 aliphatic carbocycles. The third-order valence-electron chi connectivity index (χ3n) is 4.20. The highest BCUT2D eigenvalue weighted by Crippen LogP contribution is 2.23. The van der Waals surface area contributed by atoms with Crippen molar-refractivity contribution in [1.29, 1.82) is 0 Å². The minimum Gasteiger partial charge on any atom is -0.349 e. The van der Waals surface area contributed by atoms with E-state index in [0.29, 0.717) is 6.42 Å². The molecule has 1 N–H and O–H groups in total. The van der Waals surface area contributed by atoms with E-state index in [2.05, 4.69) is 23.5 Å². The van der Waals surface area contributed by atoms with Gasteiger partial charge in [0.25, 0.3) is 0 Å². The third kappa shape index (κ3) is 3.33. The van der Waals surface area contributed by atoms with Gasteiger partial charge in [0.15, 0.2) is 0 Å². The van der Waals surface area contributed by atoms with E-state index >= 15 is 0 Å². The Morgan fingerprint density at radius 1 is 1.10 bits per heavy atom. The molecule has 0 aromatic heterocycles. The van der Waals surface area contributed by atoms with E-state index in [1.54, 1.807) is 0 Å². The molecular formula is C19H21NO. The molecule has 2 aromatic rings. The molecule has 108 valence electrons. The summed E-state index contributed by atoms with van der Waals surface area (Å²) >= 11 is 0. The van der Waals surface area contributed by atoms with Crippen molar-refractivity contribution in [2.75, 3.05) is 0 Å². The summed E-state index contributed by atoms with van der Waals surface area (Å²) in [5.74, 6) is 0.0873. The average Bonchev–Trinajstić information content (AvgIpc) is 2.95. The van der Waals surface area contributed by atoms with Crippen LogP contribution in [0.1, 0.15) is 41.6 Å². The predicted molar refractivity (Wildman–Crippen MR) is 85.2 cm³/mol. The number of fused-ring (bicyclic) bond motifs is 1. The number of carbonyl (C=O) groups excluding carboxylic acids is 1. The second-order valence-corrected chi connectivity index (χ2v) is 5.83. The van der Waals surface area contributed by atoms with Gasteiger partial charge in [-0.1, -0.05) is 48.5 Å². The Labute approximate surface area is 126 Å². The van der Waals surface area contributed by atoms with Crippen LogP contribution in [-0.2, 0) is 24.1 Å². The van der Waals surface area contributed by atoms with Crippen molar-refractivity contribution in [3.63, 3.8) is 0 Å². The lowest BCUT2D eigenvalue weighted by Gasteiger charge is -2.14. The highest BCUT2D eigenvalue weighted by molar-refractivity contribution is 5.79. The van der Waals surface area contributed by atoms with Crippen LogP contribution in [0.5, 0.6) is 0 Å². The number of aryl methyl sites for hydroxylation is 2. The van der Waals surface area contributed by atoms with Gasteiger partial charge < -0.3 is 5.32 Å². The van der Waals surface area contributed by atoms with E-state index in [0.717, 1.165) is 17.5 Å². The number of hydrogen-bond acceptors (Lipinski definition) is 1. The summed E-state index contributed by atoms with van der Waals surface area (Å²) in [6.07, 6.45) is 4.05. The van der Waals surface area contributed by atoms with Gasteiger partial charge in [-0.15, -0.1) is 0 Å². The zero-order chi connectivity index (χ0) is 14.7. The lowest BCUT2D eigenvalue weighted by atomic mass is 10.0. The highest BCUT2D eigenvalue weighted by atomic mass is 16.1. The molecule has 1 amide bonds. The van der Waals surface area contributed by atoms with Crippen molar-refractivity contribution in [3.8, 4) is 0 Å². The summed E-state index contributed by atoms with van der Waals surface area (Å²) in [6, 6.07) is 16.6. The second kappa shape index (κ2) is 6.13. The van der Waals surface area contributed by atoms with Gasteiger partial charge in [-0.05, 0) is 48.4 Å². The van der Waals surface area contributed by atoms with Gasteiger partial charge >= 0.3 is 0 Å². The molecule has 2 aromatic carbocycles. The van der Waals surface area contributed by atoms with E-state index < -0.39 is 0 Å². The van der Waals surface area contributed by atoms with Gasteiger partial charge in [-0.3, -0.25) is 4.79 Å². The number of amides is 1. The van der Waals surface area contributed by atoms with Crippen LogP contribution >= 0.6 is 0 Å². The summed E-state index contributed by atoms with van der Waals surface area (Å²) in [7, 11) is 0. The molecule has 0 bridgehead atoms. The van der Waals surface area contributed by atoms with Crippen LogP contribution in [0.4, 0.5) is 0 Å². The van der Waals surface area contributed by atoms with Crippen LogP contribution in [0, 0.1) is 0 Å². The number of benzene rings is 2. The van der Waals surface area contributed by atoms with Gasteiger partial charge in [-0.25, -0.2) is 0 Å². The molecule has 0 radical (unpaired) electrons. The van der Waals surface area contributed by atoms with Crippen molar-refractivity contribution in [2.24, 2.45) is 0 Å². The van der Waals surface area contributed by atoms with E-state index in [-0.39, 0.29) is 11.9 Å². The molecule has 0 aliphatic heterocycles. The zero-order valence-electron chi connectivity index (χ0n) is 12.4. The Morgan fingerprint density at radius 2 is 1.86 bits per heavy atom. The van der Waals surface area contributed by atoms with Crippen LogP contribution in [0.25, 0.3) is 0 Å². The average molecular weight is 279 g/mol. The Balaban J connectivity index is 1.61. The van der Waals surface area contributed by atoms with Gasteiger partial charge in [0.2, 0.25) is 5.91 Å². The first-order valence-electron chi connectivity index (χ1n) is 7.67. The number of rotatable bonds is 4. The first kappa shape index (κ1) is 13.9. The maximum atomic E-state index is 12.2. The van der Waals surface area contributed by atoms with Gasteiger partial charge in [0.1, 0.15) is 0 Å². The molecule has 2 nitrogen and oxygen atoms in total. The first-order valence-corrected chi connectivity index (χ1v) is 7.67. The van der Waals surface area contributed by atoms with Gasteiger partial charge in [0, 0.05) is 0 Å². The molecule has 0 fully saturated rings. The SMILES string of the molecule is C[C@H](NC(=O)Cc1ccc2c(c1)CCC2)c1ccccc1. The number of carbonyl (C=O) groups is 1. The molecular weight excluding hydrogens is 258 g/mol. The fraction of sp³-hybridized carbons (Fsp3) is 0.316.